The largest absolute Gasteiger partial charge is 0.469 e. The number of hydrogen-bond acceptors (Lipinski definition) is 6. The summed E-state index contributed by atoms with van der Waals surface area (Å²) in [5.41, 5.74) is 3.00. The van der Waals surface area contributed by atoms with Crippen molar-refractivity contribution in [2.24, 2.45) is 0 Å². The van der Waals surface area contributed by atoms with E-state index in [1.807, 2.05) is 24.5 Å². The molecule has 6 nitrogen and oxygen atoms in total. The summed E-state index contributed by atoms with van der Waals surface area (Å²) in [6, 6.07) is 14.4. The summed E-state index contributed by atoms with van der Waals surface area (Å²) in [5.74, 6) is -0.393. The van der Waals surface area contributed by atoms with Gasteiger partial charge in [0.15, 0.2) is 5.76 Å². The number of carbonyl (C=O) groups is 2. The zero-order valence-electron chi connectivity index (χ0n) is 15.6. The number of nitrogens with one attached hydrogen (secondary N) is 2. The van der Waals surface area contributed by atoms with Gasteiger partial charge in [0, 0.05) is 23.1 Å². The third-order valence-corrected chi connectivity index (χ3v) is 4.91. The zero-order valence-corrected chi connectivity index (χ0v) is 16.4. The molecular weight excluding hydrogens is 376 g/mol. The number of benzene rings is 2. The number of aryl methyl sites for hydroxylation is 1. The summed E-state index contributed by atoms with van der Waals surface area (Å²) < 4.78 is 10.3. The molecule has 1 aromatic heterocycles. The lowest BCUT2D eigenvalue weighted by Crippen LogP contribution is -2.10. The van der Waals surface area contributed by atoms with Crippen LogP contribution in [0.5, 0.6) is 0 Å². The minimum absolute atomic E-state index is 0.206. The highest BCUT2D eigenvalue weighted by Crippen LogP contribution is 2.23. The van der Waals surface area contributed by atoms with Crippen molar-refractivity contribution in [3.63, 3.8) is 0 Å². The van der Waals surface area contributed by atoms with Crippen LogP contribution < -0.4 is 5.32 Å². The molecular formula is C21H20N2O4S. The topological polar surface area (TPSA) is 92.4 Å². The van der Waals surface area contributed by atoms with Crippen LogP contribution in [0.4, 0.5) is 5.69 Å². The van der Waals surface area contributed by atoms with Crippen LogP contribution in [0.2, 0.25) is 0 Å². The van der Waals surface area contributed by atoms with Crippen molar-refractivity contribution >= 4 is 45.3 Å². The van der Waals surface area contributed by atoms with Gasteiger partial charge in [0.25, 0.3) is 5.91 Å². The number of thioether (sulfide) groups is 1. The molecule has 0 bridgehead atoms. The SMILES string of the molecule is COC(=O)CCc1ccc(NC(=O)c2cc3cc(C(=N)SC)ccc3o2)cc1. The molecule has 28 heavy (non-hydrogen) atoms. The molecule has 3 rings (SSSR count). The minimum atomic E-state index is -0.347. The number of rotatable bonds is 6. The standard InChI is InChI=1S/C21H20N2O4S/c1-26-19(24)10-5-13-3-7-16(8-4-13)23-21(25)18-12-15-11-14(20(22)28-2)6-9-17(15)27-18/h3-4,6-9,11-12,22H,5,10H2,1-2H3,(H,23,25). The van der Waals surface area contributed by atoms with Crippen LogP contribution in [-0.2, 0) is 16.0 Å². The number of methoxy groups -OCH3 is 1. The first kappa shape index (κ1) is 19.7. The van der Waals surface area contributed by atoms with Gasteiger partial charge in [-0.15, -0.1) is 11.8 Å². The number of anilines is 1. The number of ether oxygens (including phenoxy) is 1. The Morgan fingerprint density at radius 1 is 1.14 bits per heavy atom. The molecule has 0 fully saturated rings. The van der Waals surface area contributed by atoms with Gasteiger partial charge < -0.3 is 14.5 Å². The monoisotopic (exact) mass is 396 g/mol. The third-order valence-electron chi connectivity index (χ3n) is 4.26. The van der Waals surface area contributed by atoms with Crippen LogP contribution in [0.3, 0.4) is 0 Å². The van der Waals surface area contributed by atoms with Crippen LogP contribution in [0, 0.1) is 5.41 Å². The van der Waals surface area contributed by atoms with Gasteiger partial charge in [-0.2, -0.15) is 0 Å². The fraction of sp³-hybridized carbons (Fsp3) is 0.190. The van der Waals surface area contributed by atoms with Crippen molar-refractivity contribution < 1.29 is 18.7 Å². The lowest BCUT2D eigenvalue weighted by molar-refractivity contribution is -0.140. The quantitative estimate of drug-likeness (QED) is 0.364. The fourth-order valence-electron chi connectivity index (χ4n) is 2.71. The Hall–Kier alpha value is -3.06. The van der Waals surface area contributed by atoms with Gasteiger partial charge in [-0.25, -0.2) is 0 Å². The Labute approximate surface area is 166 Å². The van der Waals surface area contributed by atoms with Gasteiger partial charge >= 0.3 is 5.97 Å². The molecule has 0 saturated carbocycles. The van der Waals surface area contributed by atoms with E-state index < -0.39 is 0 Å². The molecule has 0 saturated heterocycles. The van der Waals surface area contributed by atoms with Gasteiger partial charge in [0.05, 0.1) is 12.2 Å². The first-order valence-electron chi connectivity index (χ1n) is 8.64. The van der Waals surface area contributed by atoms with E-state index in [1.54, 1.807) is 30.3 Å². The molecule has 0 unspecified atom stereocenters. The van der Waals surface area contributed by atoms with Crippen LogP contribution in [-0.4, -0.2) is 30.3 Å². The lowest BCUT2D eigenvalue weighted by Gasteiger charge is -2.05. The summed E-state index contributed by atoms with van der Waals surface area (Å²) in [6.45, 7) is 0. The predicted octanol–water partition coefficient (Wildman–Crippen LogP) is 4.48. The summed E-state index contributed by atoms with van der Waals surface area (Å²) in [4.78, 5) is 23.7. The molecule has 1 heterocycles. The van der Waals surface area contributed by atoms with Gasteiger partial charge in [0.2, 0.25) is 0 Å². The summed E-state index contributed by atoms with van der Waals surface area (Å²) in [7, 11) is 1.37. The zero-order chi connectivity index (χ0) is 20.1. The highest BCUT2D eigenvalue weighted by atomic mass is 32.2. The van der Waals surface area contributed by atoms with E-state index in [-0.39, 0.29) is 17.6 Å². The highest BCUT2D eigenvalue weighted by Gasteiger charge is 2.14. The molecule has 2 N–H and O–H groups in total. The van der Waals surface area contributed by atoms with Crippen LogP contribution in [0.1, 0.15) is 28.1 Å². The van der Waals surface area contributed by atoms with E-state index in [0.717, 1.165) is 16.5 Å². The third kappa shape index (κ3) is 4.61. The van der Waals surface area contributed by atoms with Crippen LogP contribution >= 0.6 is 11.8 Å². The van der Waals surface area contributed by atoms with E-state index in [9.17, 15) is 9.59 Å². The van der Waals surface area contributed by atoms with Gasteiger partial charge in [-0.3, -0.25) is 15.0 Å². The van der Waals surface area contributed by atoms with Crippen molar-refractivity contribution in [1.29, 1.82) is 5.41 Å². The van der Waals surface area contributed by atoms with Crippen LogP contribution in [0.25, 0.3) is 11.0 Å². The van der Waals surface area contributed by atoms with E-state index >= 15 is 0 Å². The highest BCUT2D eigenvalue weighted by molar-refractivity contribution is 8.13. The number of hydrogen-bond donors (Lipinski definition) is 2. The number of carbonyl (C=O) groups excluding carboxylic acids is 2. The van der Waals surface area contributed by atoms with E-state index in [1.165, 1.54) is 18.9 Å². The maximum Gasteiger partial charge on any atom is 0.305 e. The molecule has 0 aliphatic heterocycles. The van der Waals surface area contributed by atoms with Crippen molar-refractivity contribution in [2.45, 2.75) is 12.8 Å². The summed E-state index contributed by atoms with van der Waals surface area (Å²) in [6.07, 6.45) is 2.75. The average molecular weight is 396 g/mol. The molecule has 0 spiro atoms. The molecule has 0 aliphatic rings. The first-order valence-corrected chi connectivity index (χ1v) is 9.86. The Balaban J connectivity index is 1.68. The second kappa shape index (κ2) is 8.75. The number of amides is 1. The van der Waals surface area contributed by atoms with Crippen molar-refractivity contribution in [2.75, 3.05) is 18.7 Å². The van der Waals surface area contributed by atoms with Crippen LogP contribution in [0.15, 0.2) is 52.9 Å². The maximum atomic E-state index is 12.5. The van der Waals surface area contributed by atoms with Crippen molar-refractivity contribution in [3.8, 4) is 0 Å². The van der Waals surface area contributed by atoms with Crippen molar-refractivity contribution in [1.82, 2.24) is 0 Å². The molecule has 2 aromatic carbocycles. The number of esters is 1. The van der Waals surface area contributed by atoms with Crippen molar-refractivity contribution in [3.05, 3.63) is 65.4 Å². The summed E-state index contributed by atoms with van der Waals surface area (Å²) in [5, 5.41) is 11.9. The molecule has 3 aromatic rings. The summed E-state index contributed by atoms with van der Waals surface area (Å²) >= 11 is 1.36. The van der Waals surface area contributed by atoms with E-state index in [2.05, 4.69) is 10.1 Å². The molecule has 144 valence electrons. The molecule has 0 atom stereocenters. The van der Waals surface area contributed by atoms with E-state index in [0.29, 0.717) is 29.2 Å². The van der Waals surface area contributed by atoms with E-state index in [4.69, 9.17) is 9.83 Å². The molecule has 7 heteroatoms. The van der Waals surface area contributed by atoms with Gasteiger partial charge in [-0.1, -0.05) is 12.1 Å². The Kier molecular flexibility index (Phi) is 6.16. The van der Waals surface area contributed by atoms with Gasteiger partial charge in [-0.05, 0) is 54.6 Å². The Bertz CT molecular complexity index is 1020. The average Bonchev–Trinajstić information content (AvgIpc) is 3.16. The second-order valence-corrected chi connectivity index (χ2v) is 6.94. The second-order valence-electron chi connectivity index (χ2n) is 6.12. The Morgan fingerprint density at radius 2 is 1.89 bits per heavy atom. The minimum Gasteiger partial charge on any atom is -0.469 e. The van der Waals surface area contributed by atoms with Gasteiger partial charge in [0.1, 0.15) is 5.58 Å². The Morgan fingerprint density at radius 3 is 2.57 bits per heavy atom. The number of furan rings is 1. The normalized spacial score (nSPS) is 10.6. The predicted molar refractivity (Wildman–Crippen MR) is 111 cm³/mol. The lowest BCUT2D eigenvalue weighted by atomic mass is 10.1. The fourth-order valence-corrected chi connectivity index (χ4v) is 3.07. The maximum absolute atomic E-state index is 12.5. The smallest absolute Gasteiger partial charge is 0.305 e. The first-order chi connectivity index (χ1) is 13.5. The molecule has 1 amide bonds. The molecule has 0 aliphatic carbocycles. The number of fused-ring (bicyclic) bond motifs is 1. The molecule has 0 radical (unpaired) electrons.